The predicted molar refractivity (Wildman–Crippen MR) is 180 cm³/mol. The van der Waals surface area contributed by atoms with Crippen molar-refractivity contribution in [1.29, 1.82) is 0 Å². The van der Waals surface area contributed by atoms with Gasteiger partial charge in [0.25, 0.3) is 5.91 Å². The zero-order valence-electron chi connectivity index (χ0n) is 25.0. The van der Waals surface area contributed by atoms with Gasteiger partial charge in [-0.2, -0.15) is 4.31 Å². The Hall–Kier alpha value is -5.44. The number of carbonyl (C=O) groups is 1. The van der Waals surface area contributed by atoms with Crippen molar-refractivity contribution in [2.45, 2.75) is 24.5 Å². The van der Waals surface area contributed by atoms with E-state index in [1.807, 2.05) is 97.1 Å². The first-order valence-corrected chi connectivity index (χ1v) is 16.3. The molecule has 0 aliphatic carbocycles. The summed E-state index contributed by atoms with van der Waals surface area (Å²) in [7, 11) is -3.83. The summed E-state index contributed by atoms with van der Waals surface area (Å²) in [6.07, 6.45) is 6.78. The number of pyridine rings is 2. The van der Waals surface area contributed by atoms with Gasteiger partial charge in [-0.1, -0.05) is 91.0 Å². The lowest BCUT2D eigenvalue weighted by atomic mass is 10.0. The van der Waals surface area contributed by atoms with Gasteiger partial charge in [-0.05, 0) is 75.3 Å². The molecule has 0 aliphatic rings. The van der Waals surface area contributed by atoms with Crippen molar-refractivity contribution < 1.29 is 13.2 Å². The number of nitrogens with one attached hydrogen (secondary N) is 1. The number of hydrogen-bond acceptors (Lipinski definition) is 5. The van der Waals surface area contributed by atoms with E-state index < -0.39 is 10.0 Å². The molecule has 0 atom stereocenters. The van der Waals surface area contributed by atoms with Gasteiger partial charge in [-0.25, -0.2) is 8.42 Å². The highest BCUT2D eigenvalue weighted by Crippen LogP contribution is 2.26. The lowest BCUT2D eigenvalue weighted by Gasteiger charge is -2.23. The summed E-state index contributed by atoms with van der Waals surface area (Å²) in [6.45, 7) is 0.777. The number of sulfonamides is 1. The molecule has 0 saturated heterocycles. The summed E-state index contributed by atoms with van der Waals surface area (Å²) in [4.78, 5) is 21.1. The molecule has 0 bridgehead atoms. The Labute approximate surface area is 269 Å². The predicted octanol–water partition coefficient (Wildman–Crippen LogP) is 7.13. The van der Waals surface area contributed by atoms with Gasteiger partial charge in [0, 0.05) is 50.0 Å². The Kier molecular flexibility index (Phi) is 9.38. The minimum atomic E-state index is -3.83. The lowest BCUT2D eigenvalue weighted by Crippen LogP contribution is -2.30. The van der Waals surface area contributed by atoms with Crippen LogP contribution in [0.1, 0.15) is 27.0 Å². The van der Waals surface area contributed by atoms with Crippen molar-refractivity contribution in [2.75, 3.05) is 0 Å². The van der Waals surface area contributed by atoms with Gasteiger partial charge in [-0.15, -0.1) is 0 Å². The molecule has 8 heteroatoms. The van der Waals surface area contributed by atoms with E-state index in [9.17, 15) is 13.2 Å². The zero-order valence-corrected chi connectivity index (χ0v) is 25.8. The monoisotopic (exact) mass is 624 g/mol. The summed E-state index contributed by atoms with van der Waals surface area (Å²) in [5, 5.41) is 2.91. The third-order valence-corrected chi connectivity index (χ3v) is 9.46. The van der Waals surface area contributed by atoms with E-state index in [0.717, 1.165) is 38.9 Å². The molecule has 0 fully saturated rings. The molecule has 228 valence electrons. The Morgan fingerprint density at radius 1 is 0.565 bits per heavy atom. The van der Waals surface area contributed by atoms with Crippen molar-refractivity contribution in [3.05, 3.63) is 174 Å². The molecular weight excluding hydrogens is 593 g/mol. The number of carbonyl (C=O) groups excluding carboxylic acids is 1. The highest BCUT2D eigenvalue weighted by molar-refractivity contribution is 7.89. The van der Waals surface area contributed by atoms with E-state index in [4.69, 9.17) is 0 Å². The molecule has 0 spiro atoms. The van der Waals surface area contributed by atoms with Gasteiger partial charge in [0.1, 0.15) is 0 Å². The van der Waals surface area contributed by atoms with Crippen LogP contribution in [0.4, 0.5) is 0 Å². The molecular formula is C38H32N4O3S. The number of hydrogen-bond donors (Lipinski definition) is 1. The Morgan fingerprint density at radius 3 is 1.67 bits per heavy atom. The average Bonchev–Trinajstić information content (AvgIpc) is 3.12. The third kappa shape index (κ3) is 7.43. The van der Waals surface area contributed by atoms with Crippen LogP contribution in [0.25, 0.3) is 22.3 Å². The van der Waals surface area contributed by atoms with Crippen LogP contribution in [0.5, 0.6) is 0 Å². The van der Waals surface area contributed by atoms with Crippen LogP contribution >= 0.6 is 0 Å². The SMILES string of the molecule is O=C(NCc1cccnc1)c1ccc(-c2ccc(CN(Cc3cccnc3)S(=O)(=O)c3ccc(-c4ccccc4)cc3)cc2)cc1. The van der Waals surface area contributed by atoms with Crippen molar-refractivity contribution >= 4 is 15.9 Å². The number of aromatic nitrogens is 2. The second-order valence-electron chi connectivity index (χ2n) is 10.8. The molecule has 2 aromatic heterocycles. The van der Waals surface area contributed by atoms with E-state index in [0.29, 0.717) is 12.1 Å². The highest BCUT2D eigenvalue weighted by atomic mass is 32.2. The van der Waals surface area contributed by atoms with E-state index in [-0.39, 0.29) is 23.9 Å². The van der Waals surface area contributed by atoms with E-state index in [1.165, 1.54) is 4.31 Å². The minimum Gasteiger partial charge on any atom is -0.348 e. The van der Waals surface area contributed by atoms with E-state index in [2.05, 4.69) is 15.3 Å². The van der Waals surface area contributed by atoms with E-state index in [1.54, 1.807) is 55.1 Å². The zero-order chi connectivity index (χ0) is 31.8. The maximum Gasteiger partial charge on any atom is 0.251 e. The summed E-state index contributed by atoms with van der Waals surface area (Å²) >= 11 is 0. The largest absolute Gasteiger partial charge is 0.348 e. The number of rotatable bonds is 11. The molecule has 6 aromatic rings. The first kappa shape index (κ1) is 30.6. The molecule has 46 heavy (non-hydrogen) atoms. The molecule has 0 unspecified atom stereocenters. The van der Waals surface area contributed by atoms with Gasteiger partial charge in [-0.3, -0.25) is 14.8 Å². The van der Waals surface area contributed by atoms with Crippen LogP contribution in [0.15, 0.2) is 157 Å². The average molecular weight is 625 g/mol. The maximum atomic E-state index is 14.0. The van der Waals surface area contributed by atoms with Crippen LogP contribution in [0.2, 0.25) is 0 Å². The molecule has 7 nitrogen and oxygen atoms in total. The molecule has 6 rings (SSSR count). The minimum absolute atomic E-state index is 0.157. The molecule has 4 aromatic carbocycles. The molecule has 2 heterocycles. The fraction of sp³-hybridized carbons (Fsp3) is 0.0789. The maximum absolute atomic E-state index is 14.0. The number of amides is 1. The number of nitrogens with zero attached hydrogens (tertiary/aromatic N) is 3. The quantitative estimate of drug-likeness (QED) is 0.166. The molecule has 0 radical (unpaired) electrons. The van der Waals surface area contributed by atoms with Crippen LogP contribution < -0.4 is 5.32 Å². The summed E-state index contributed by atoms with van der Waals surface area (Å²) in [6, 6.07) is 39.5. The second kappa shape index (κ2) is 14.1. The summed E-state index contributed by atoms with van der Waals surface area (Å²) in [5.74, 6) is -0.157. The van der Waals surface area contributed by atoms with Gasteiger partial charge < -0.3 is 5.32 Å². The standard InChI is InChI=1S/C38H32N4O3S/c43-38(41-26-30-6-4-22-39-24-30)36-16-14-34(15-17-36)33-12-10-29(11-13-33)27-42(28-31-7-5-23-40-25-31)46(44,45)37-20-18-35(19-21-37)32-8-2-1-3-9-32/h1-25H,26-28H2,(H,41,43). The van der Waals surface area contributed by atoms with Crippen molar-refractivity contribution in [3.8, 4) is 22.3 Å². The van der Waals surface area contributed by atoms with Gasteiger partial charge in [0.15, 0.2) is 0 Å². The van der Waals surface area contributed by atoms with Gasteiger partial charge >= 0.3 is 0 Å². The second-order valence-corrected chi connectivity index (χ2v) is 12.8. The summed E-state index contributed by atoms with van der Waals surface area (Å²) in [5.41, 5.74) is 7.04. The fourth-order valence-electron chi connectivity index (χ4n) is 5.13. The Balaban J connectivity index is 1.17. The van der Waals surface area contributed by atoms with E-state index >= 15 is 0 Å². The number of benzene rings is 4. The fourth-order valence-corrected chi connectivity index (χ4v) is 6.54. The lowest BCUT2D eigenvalue weighted by molar-refractivity contribution is 0.0951. The first-order valence-electron chi connectivity index (χ1n) is 14.9. The van der Waals surface area contributed by atoms with Gasteiger partial charge in [0.05, 0.1) is 4.90 Å². The topological polar surface area (TPSA) is 92.3 Å². The smallest absolute Gasteiger partial charge is 0.251 e. The first-order chi connectivity index (χ1) is 22.5. The highest BCUT2D eigenvalue weighted by Gasteiger charge is 2.25. The summed E-state index contributed by atoms with van der Waals surface area (Å²) < 4.78 is 29.4. The third-order valence-electron chi connectivity index (χ3n) is 7.65. The molecule has 1 amide bonds. The molecule has 0 aliphatic heterocycles. The van der Waals surface area contributed by atoms with Crippen LogP contribution in [0, 0.1) is 0 Å². The molecule has 1 N–H and O–H groups in total. The van der Waals surface area contributed by atoms with Crippen LogP contribution in [-0.4, -0.2) is 28.6 Å². The normalized spacial score (nSPS) is 11.3. The Morgan fingerprint density at radius 2 is 1.09 bits per heavy atom. The van der Waals surface area contributed by atoms with Crippen molar-refractivity contribution in [2.24, 2.45) is 0 Å². The van der Waals surface area contributed by atoms with Crippen molar-refractivity contribution in [1.82, 2.24) is 19.6 Å². The van der Waals surface area contributed by atoms with Gasteiger partial charge in [0.2, 0.25) is 10.0 Å². The van der Waals surface area contributed by atoms with Crippen LogP contribution in [0.3, 0.4) is 0 Å². The molecule has 0 saturated carbocycles. The van der Waals surface area contributed by atoms with Crippen molar-refractivity contribution in [3.63, 3.8) is 0 Å². The van der Waals surface area contributed by atoms with Crippen LogP contribution in [-0.2, 0) is 29.7 Å². The Bertz CT molecular complexity index is 1990.